The Labute approximate surface area is 144 Å². The zero-order valence-corrected chi connectivity index (χ0v) is 14.4. The highest BCUT2D eigenvalue weighted by Gasteiger charge is 2.32. The molecule has 4 rings (SSSR count). The van der Waals surface area contributed by atoms with Crippen LogP contribution in [0.1, 0.15) is 39.6 Å². The molecule has 0 saturated heterocycles. The van der Waals surface area contributed by atoms with E-state index in [1.54, 1.807) is 7.11 Å². The van der Waals surface area contributed by atoms with Crippen molar-refractivity contribution in [3.63, 3.8) is 0 Å². The lowest BCUT2D eigenvalue weighted by molar-refractivity contribution is 0.100. The summed E-state index contributed by atoms with van der Waals surface area (Å²) in [4.78, 5) is 17.2. The fourth-order valence-corrected chi connectivity index (χ4v) is 4.50. The first-order valence-corrected chi connectivity index (χ1v) is 8.78. The second kappa shape index (κ2) is 5.60. The fraction of sp³-hybridized carbons (Fsp3) is 0.263. The smallest absolute Gasteiger partial charge is 0.259 e. The number of amides is 1. The molecule has 0 radical (unpaired) electrons. The molecule has 2 aromatic heterocycles. The van der Waals surface area contributed by atoms with Crippen LogP contribution in [0.5, 0.6) is 5.75 Å². The predicted molar refractivity (Wildman–Crippen MR) is 96.8 cm³/mol. The van der Waals surface area contributed by atoms with Gasteiger partial charge in [0.15, 0.2) is 0 Å². The first-order valence-electron chi connectivity index (χ1n) is 7.97. The van der Waals surface area contributed by atoms with E-state index in [2.05, 4.69) is 11.9 Å². The highest BCUT2D eigenvalue weighted by Crippen LogP contribution is 2.49. The minimum Gasteiger partial charge on any atom is -0.496 e. The quantitative estimate of drug-likeness (QED) is 0.773. The summed E-state index contributed by atoms with van der Waals surface area (Å²) in [6, 6.07) is 7.87. The number of carbonyl (C=O) groups is 1. The van der Waals surface area contributed by atoms with Gasteiger partial charge in [-0.1, -0.05) is 12.1 Å². The largest absolute Gasteiger partial charge is 0.496 e. The lowest BCUT2D eigenvalue weighted by atomic mass is 9.98. The third kappa shape index (κ3) is 2.27. The van der Waals surface area contributed by atoms with Crippen LogP contribution in [0.15, 0.2) is 30.5 Å². The highest BCUT2D eigenvalue weighted by atomic mass is 32.1. The van der Waals surface area contributed by atoms with Crippen LogP contribution in [0.25, 0.3) is 21.3 Å². The SMILES string of the molecule is COc1ccccc1-c1ncc2sc(C(N)=O)c(C3CC3)c2c1C. The molecule has 0 atom stereocenters. The molecular formula is C19H18N2O2S. The van der Waals surface area contributed by atoms with Crippen molar-refractivity contribution in [1.29, 1.82) is 0 Å². The number of nitrogens with zero attached hydrogens (tertiary/aromatic N) is 1. The maximum atomic E-state index is 11.9. The normalized spacial score (nSPS) is 14.1. The Balaban J connectivity index is 2.01. The van der Waals surface area contributed by atoms with Crippen LogP contribution in [0.3, 0.4) is 0 Å². The molecule has 3 aromatic rings. The number of nitrogens with two attached hydrogens (primary N) is 1. The van der Waals surface area contributed by atoms with Crippen molar-refractivity contribution in [1.82, 2.24) is 4.98 Å². The zero-order chi connectivity index (χ0) is 16.8. The van der Waals surface area contributed by atoms with Gasteiger partial charge in [-0.3, -0.25) is 9.78 Å². The monoisotopic (exact) mass is 338 g/mol. The molecule has 2 N–H and O–H groups in total. The van der Waals surface area contributed by atoms with E-state index in [0.29, 0.717) is 10.8 Å². The van der Waals surface area contributed by atoms with Gasteiger partial charge < -0.3 is 10.5 Å². The molecule has 1 aliphatic rings. The minimum atomic E-state index is -0.337. The molecule has 1 amide bonds. The van der Waals surface area contributed by atoms with Crippen molar-refractivity contribution in [2.75, 3.05) is 7.11 Å². The molecule has 0 bridgehead atoms. The Kier molecular flexibility index (Phi) is 3.53. The molecule has 1 aliphatic carbocycles. The fourth-order valence-electron chi connectivity index (χ4n) is 3.33. The molecule has 1 saturated carbocycles. The van der Waals surface area contributed by atoms with Gasteiger partial charge >= 0.3 is 0 Å². The van der Waals surface area contributed by atoms with Gasteiger partial charge in [0.05, 0.1) is 22.4 Å². The first-order chi connectivity index (χ1) is 11.6. The average molecular weight is 338 g/mol. The molecule has 2 heterocycles. The number of ether oxygens (including phenoxy) is 1. The number of pyridine rings is 1. The first kappa shape index (κ1) is 15.1. The molecule has 1 aromatic carbocycles. The van der Waals surface area contributed by atoms with Crippen molar-refractivity contribution in [2.24, 2.45) is 5.73 Å². The summed E-state index contributed by atoms with van der Waals surface area (Å²) in [7, 11) is 1.66. The van der Waals surface area contributed by atoms with E-state index in [1.807, 2.05) is 30.5 Å². The molecule has 1 fully saturated rings. The summed E-state index contributed by atoms with van der Waals surface area (Å²) >= 11 is 1.46. The van der Waals surface area contributed by atoms with Crippen LogP contribution in [0, 0.1) is 6.92 Å². The van der Waals surface area contributed by atoms with E-state index in [0.717, 1.165) is 51.1 Å². The van der Waals surface area contributed by atoms with Gasteiger partial charge in [-0.25, -0.2) is 0 Å². The van der Waals surface area contributed by atoms with Gasteiger partial charge in [-0.15, -0.1) is 11.3 Å². The summed E-state index contributed by atoms with van der Waals surface area (Å²) in [6.07, 6.45) is 4.10. The number of rotatable bonds is 4. The van der Waals surface area contributed by atoms with Crippen molar-refractivity contribution in [3.05, 3.63) is 46.5 Å². The number of hydrogen-bond donors (Lipinski definition) is 1. The standard InChI is InChI=1S/C19H18N2O2S/c1-10-15-14(24-18(19(20)22)16(15)11-7-8-11)9-21-17(10)12-5-3-4-6-13(12)23-2/h3-6,9,11H,7-8H2,1-2H3,(H2,20,22). The summed E-state index contributed by atoms with van der Waals surface area (Å²) < 4.78 is 6.52. The number of carbonyl (C=O) groups excluding carboxylic acids is 1. The van der Waals surface area contributed by atoms with Crippen molar-refractivity contribution in [2.45, 2.75) is 25.7 Å². The Morgan fingerprint density at radius 3 is 2.75 bits per heavy atom. The van der Waals surface area contributed by atoms with E-state index >= 15 is 0 Å². The van der Waals surface area contributed by atoms with Gasteiger partial charge in [-0.05, 0) is 48.9 Å². The molecule has 122 valence electrons. The summed E-state index contributed by atoms with van der Waals surface area (Å²) in [5.41, 5.74) is 9.69. The van der Waals surface area contributed by atoms with E-state index in [-0.39, 0.29) is 5.91 Å². The van der Waals surface area contributed by atoms with E-state index in [1.165, 1.54) is 11.3 Å². The molecule has 0 aliphatic heterocycles. The third-order valence-electron chi connectivity index (χ3n) is 4.58. The van der Waals surface area contributed by atoms with E-state index < -0.39 is 0 Å². The average Bonchev–Trinajstić information content (AvgIpc) is 3.34. The van der Waals surface area contributed by atoms with Crippen LogP contribution in [0.2, 0.25) is 0 Å². The van der Waals surface area contributed by atoms with E-state index in [9.17, 15) is 4.79 Å². The lowest BCUT2D eigenvalue weighted by Crippen LogP contribution is -2.10. The van der Waals surface area contributed by atoms with Crippen molar-refractivity contribution in [3.8, 4) is 17.0 Å². The number of para-hydroxylation sites is 1. The molecule has 24 heavy (non-hydrogen) atoms. The topological polar surface area (TPSA) is 65.2 Å². The van der Waals surface area contributed by atoms with Gasteiger partial charge in [-0.2, -0.15) is 0 Å². The maximum absolute atomic E-state index is 11.9. The second-order valence-corrected chi connectivity index (χ2v) is 7.21. The number of aryl methyl sites for hydroxylation is 1. The number of fused-ring (bicyclic) bond motifs is 1. The summed E-state index contributed by atoms with van der Waals surface area (Å²) in [5.74, 6) is 0.912. The number of aromatic nitrogens is 1. The van der Waals surface area contributed by atoms with Gasteiger partial charge in [0.1, 0.15) is 5.75 Å². The predicted octanol–water partition coefficient (Wildman–Crippen LogP) is 4.26. The third-order valence-corrected chi connectivity index (χ3v) is 5.74. The van der Waals surface area contributed by atoms with Gasteiger partial charge in [0.2, 0.25) is 0 Å². The zero-order valence-electron chi connectivity index (χ0n) is 13.6. The van der Waals surface area contributed by atoms with Crippen LogP contribution in [-0.4, -0.2) is 18.0 Å². The number of thiophene rings is 1. The van der Waals surface area contributed by atoms with Crippen LogP contribution in [0.4, 0.5) is 0 Å². The maximum Gasteiger partial charge on any atom is 0.259 e. The Morgan fingerprint density at radius 1 is 1.33 bits per heavy atom. The molecular weight excluding hydrogens is 320 g/mol. The molecule has 0 unspecified atom stereocenters. The van der Waals surface area contributed by atoms with Crippen LogP contribution in [-0.2, 0) is 0 Å². The molecule has 4 nitrogen and oxygen atoms in total. The van der Waals surface area contributed by atoms with Crippen LogP contribution < -0.4 is 10.5 Å². The van der Waals surface area contributed by atoms with E-state index in [4.69, 9.17) is 10.5 Å². The van der Waals surface area contributed by atoms with Gasteiger partial charge in [0.25, 0.3) is 5.91 Å². The Bertz CT molecular complexity index is 957. The van der Waals surface area contributed by atoms with Crippen molar-refractivity contribution < 1.29 is 9.53 Å². The molecule has 0 spiro atoms. The van der Waals surface area contributed by atoms with Crippen molar-refractivity contribution >= 4 is 27.3 Å². The molecule has 5 heteroatoms. The second-order valence-electron chi connectivity index (χ2n) is 6.15. The highest BCUT2D eigenvalue weighted by molar-refractivity contribution is 7.21. The lowest BCUT2D eigenvalue weighted by Gasteiger charge is -2.11. The van der Waals surface area contributed by atoms with Gasteiger partial charge in [0, 0.05) is 17.1 Å². The number of hydrogen-bond acceptors (Lipinski definition) is 4. The Hall–Kier alpha value is -2.40. The summed E-state index contributed by atoms with van der Waals surface area (Å²) in [5, 5.41) is 1.15. The minimum absolute atomic E-state index is 0.337. The Morgan fingerprint density at radius 2 is 2.08 bits per heavy atom. The summed E-state index contributed by atoms with van der Waals surface area (Å²) in [6.45, 7) is 2.07. The number of benzene rings is 1. The van der Waals surface area contributed by atoms with Crippen LogP contribution >= 0.6 is 11.3 Å². The number of methoxy groups -OCH3 is 1. The number of primary amides is 1.